The van der Waals surface area contributed by atoms with Crippen LogP contribution in [0.2, 0.25) is 5.02 Å². The highest BCUT2D eigenvalue weighted by atomic mass is 35.5. The molecule has 19 heavy (non-hydrogen) atoms. The average Bonchev–Trinajstić information content (AvgIpc) is 2.72. The van der Waals surface area contributed by atoms with Gasteiger partial charge in [-0.15, -0.1) is 5.10 Å². The van der Waals surface area contributed by atoms with E-state index in [-0.39, 0.29) is 6.04 Å². The zero-order valence-corrected chi connectivity index (χ0v) is 11.9. The minimum Gasteiger partial charge on any atom is -0.309 e. The Hall–Kier alpha value is -1.46. The van der Waals surface area contributed by atoms with Crippen LogP contribution in [0.15, 0.2) is 18.2 Å². The summed E-state index contributed by atoms with van der Waals surface area (Å²) in [5.74, 6) is -0.414. The van der Waals surface area contributed by atoms with E-state index in [1.54, 1.807) is 12.1 Å². The van der Waals surface area contributed by atoms with E-state index in [4.69, 9.17) is 11.6 Å². The number of aromatic nitrogens is 3. The zero-order chi connectivity index (χ0) is 14.0. The van der Waals surface area contributed by atoms with Crippen LogP contribution in [0.5, 0.6) is 0 Å². The third kappa shape index (κ3) is 2.77. The molecule has 1 heterocycles. The summed E-state index contributed by atoms with van der Waals surface area (Å²) in [7, 11) is 0. The molecule has 0 saturated heterocycles. The van der Waals surface area contributed by atoms with E-state index in [9.17, 15) is 4.39 Å². The van der Waals surface area contributed by atoms with Crippen molar-refractivity contribution in [2.24, 2.45) is 0 Å². The second-order valence-corrected chi connectivity index (χ2v) is 4.78. The minimum atomic E-state index is -0.414. The predicted octanol–water partition coefficient (Wildman–Crippen LogP) is 3.04. The van der Waals surface area contributed by atoms with Gasteiger partial charge in [-0.1, -0.05) is 23.7 Å². The summed E-state index contributed by atoms with van der Waals surface area (Å²) in [5.41, 5.74) is 1.98. The van der Waals surface area contributed by atoms with Gasteiger partial charge in [-0.05, 0) is 38.6 Å². The van der Waals surface area contributed by atoms with Gasteiger partial charge >= 0.3 is 0 Å². The maximum absolute atomic E-state index is 13.9. The van der Waals surface area contributed by atoms with Crippen LogP contribution in [-0.2, 0) is 0 Å². The van der Waals surface area contributed by atoms with Crippen LogP contribution < -0.4 is 5.32 Å². The Morgan fingerprint density at radius 2 is 2.21 bits per heavy atom. The summed E-state index contributed by atoms with van der Waals surface area (Å²) in [6.07, 6.45) is 0. The number of rotatable bonds is 4. The number of hydrogen-bond donors (Lipinski definition) is 1. The molecule has 4 nitrogen and oxygen atoms in total. The van der Waals surface area contributed by atoms with Gasteiger partial charge in [-0.25, -0.2) is 9.07 Å². The number of nitrogens with one attached hydrogen (secondary N) is 1. The highest BCUT2D eigenvalue weighted by Crippen LogP contribution is 2.21. The Labute approximate surface area is 116 Å². The number of hydrogen-bond acceptors (Lipinski definition) is 3. The fourth-order valence-electron chi connectivity index (χ4n) is 2.03. The molecule has 6 heteroatoms. The molecule has 0 aliphatic rings. The van der Waals surface area contributed by atoms with E-state index in [1.165, 1.54) is 10.7 Å². The first-order chi connectivity index (χ1) is 9.04. The molecule has 2 rings (SSSR count). The van der Waals surface area contributed by atoms with Crippen molar-refractivity contribution in [1.29, 1.82) is 0 Å². The van der Waals surface area contributed by atoms with Crippen molar-refractivity contribution in [3.05, 3.63) is 40.4 Å². The molecule has 0 aliphatic heterocycles. The lowest BCUT2D eigenvalue weighted by Crippen LogP contribution is -2.19. The fourth-order valence-corrected chi connectivity index (χ4v) is 2.18. The van der Waals surface area contributed by atoms with Crippen LogP contribution in [0.4, 0.5) is 4.39 Å². The van der Waals surface area contributed by atoms with E-state index < -0.39 is 5.82 Å². The van der Waals surface area contributed by atoms with Gasteiger partial charge in [0.2, 0.25) is 0 Å². The van der Waals surface area contributed by atoms with Crippen LogP contribution in [0.1, 0.15) is 31.3 Å². The molecule has 1 atom stereocenters. The van der Waals surface area contributed by atoms with Gasteiger partial charge in [0, 0.05) is 5.02 Å². The molecule has 2 aromatic rings. The molecule has 0 amide bonds. The summed E-state index contributed by atoms with van der Waals surface area (Å²) < 4.78 is 15.4. The highest BCUT2D eigenvalue weighted by molar-refractivity contribution is 6.30. The Bertz CT molecular complexity index is 582. The summed E-state index contributed by atoms with van der Waals surface area (Å²) in [6.45, 7) is 6.73. The average molecular weight is 283 g/mol. The van der Waals surface area contributed by atoms with Gasteiger partial charge < -0.3 is 5.32 Å². The number of halogens is 2. The van der Waals surface area contributed by atoms with Gasteiger partial charge in [0.25, 0.3) is 0 Å². The standard InChI is InChI=1S/C13H16ClFN4/c1-4-16-8(2)13-9(3)19(18-17-13)12-6-5-10(14)7-11(12)15/h5-8,16H,4H2,1-3H3. The fraction of sp³-hybridized carbons (Fsp3) is 0.385. The van der Waals surface area contributed by atoms with Crippen molar-refractivity contribution in [1.82, 2.24) is 20.3 Å². The molecule has 0 bridgehead atoms. The van der Waals surface area contributed by atoms with E-state index in [2.05, 4.69) is 15.6 Å². The number of benzene rings is 1. The largest absolute Gasteiger partial charge is 0.309 e. The van der Waals surface area contributed by atoms with Gasteiger partial charge in [0.15, 0.2) is 0 Å². The smallest absolute Gasteiger partial charge is 0.150 e. The lowest BCUT2D eigenvalue weighted by molar-refractivity contribution is 0.579. The first-order valence-corrected chi connectivity index (χ1v) is 6.53. The van der Waals surface area contributed by atoms with Crippen molar-refractivity contribution in [2.75, 3.05) is 6.54 Å². The topological polar surface area (TPSA) is 42.7 Å². The molecular weight excluding hydrogens is 267 g/mol. The Kier molecular flexibility index (Phi) is 4.17. The first-order valence-electron chi connectivity index (χ1n) is 6.15. The molecule has 0 saturated carbocycles. The molecular formula is C13H16ClFN4. The SMILES string of the molecule is CCNC(C)c1nnn(-c2ccc(Cl)cc2F)c1C. The Morgan fingerprint density at radius 3 is 2.84 bits per heavy atom. The van der Waals surface area contributed by atoms with Gasteiger partial charge in [-0.3, -0.25) is 0 Å². The van der Waals surface area contributed by atoms with Crippen molar-refractivity contribution < 1.29 is 4.39 Å². The Balaban J connectivity index is 2.41. The van der Waals surface area contributed by atoms with Crippen molar-refractivity contribution in [3.8, 4) is 5.69 Å². The maximum Gasteiger partial charge on any atom is 0.150 e. The van der Waals surface area contributed by atoms with E-state index in [0.717, 1.165) is 17.9 Å². The summed E-state index contributed by atoms with van der Waals surface area (Å²) in [5, 5.41) is 11.8. The second kappa shape index (κ2) is 5.67. The van der Waals surface area contributed by atoms with Gasteiger partial charge in [0.05, 0.1) is 11.7 Å². The summed E-state index contributed by atoms with van der Waals surface area (Å²) in [4.78, 5) is 0. The third-order valence-electron chi connectivity index (χ3n) is 2.99. The van der Waals surface area contributed by atoms with Crippen molar-refractivity contribution in [3.63, 3.8) is 0 Å². The molecule has 102 valence electrons. The molecule has 1 aromatic carbocycles. The quantitative estimate of drug-likeness (QED) is 0.937. The Morgan fingerprint density at radius 1 is 1.47 bits per heavy atom. The first kappa shape index (κ1) is 14.0. The number of nitrogens with zero attached hydrogens (tertiary/aromatic N) is 3. The molecule has 0 fully saturated rings. The van der Waals surface area contributed by atoms with Crippen LogP contribution >= 0.6 is 11.6 Å². The molecule has 1 unspecified atom stereocenters. The second-order valence-electron chi connectivity index (χ2n) is 4.35. The third-order valence-corrected chi connectivity index (χ3v) is 3.22. The molecule has 0 radical (unpaired) electrons. The zero-order valence-electron chi connectivity index (χ0n) is 11.1. The van der Waals surface area contributed by atoms with Gasteiger partial charge in [-0.2, -0.15) is 0 Å². The van der Waals surface area contributed by atoms with Crippen LogP contribution in [0, 0.1) is 12.7 Å². The van der Waals surface area contributed by atoms with Crippen LogP contribution in [0.3, 0.4) is 0 Å². The van der Waals surface area contributed by atoms with Gasteiger partial charge in [0.1, 0.15) is 17.2 Å². The lowest BCUT2D eigenvalue weighted by atomic mass is 10.2. The normalized spacial score (nSPS) is 12.7. The summed E-state index contributed by atoms with van der Waals surface area (Å²) in [6, 6.07) is 4.58. The van der Waals surface area contributed by atoms with E-state index in [0.29, 0.717) is 10.7 Å². The van der Waals surface area contributed by atoms with Crippen LogP contribution in [0.25, 0.3) is 5.69 Å². The van der Waals surface area contributed by atoms with E-state index >= 15 is 0 Å². The molecule has 1 N–H and O–H groups in total. The minimum absolute atomic E-state index is 0.0779. The lowest BCUT2D eigenvalue weighted by Gasteiger charge is -2.10. The highest BCUT2D eigenvalue weighted by Gasteiger charge is 2.17. The molecule has 1 aromatic heterocycles. The van der Waals surface area contributed by atoms with Crippen molar-refractivity contribution >= 4 is 11.6 Å². The van der Waals surface area contributed by atoms with E-state index in [1.807, 2.05) is 20.8 Å². The maximum atomic E-state index is 13.9. The summed E-state index contributed by atoms with van der Waals surface area (Å²) >= 11 is 5.75. The predicted molar refractivity (Wildman–Crippen MR) is 73.2 cm³/mol. The van der Waals surface area contributed by atoms with Crippen molar-refractivity contribution in [2.45, 2.75) is 26.8 Å². The molecule has 0 spiro atoms. The monoisotopic (exact) mass is 282 g/mol. The molecule has 0 aliphatic carbocycles. The van der Waals surface area contributed by atoms with Crippen LogP contribution in [-0.4, -0.2) is 21.5 Å².